The molecule has 2 aliphatic rings. The fourth-order valence-electron chi connectivity index (χ4n) is 3.19. The number of aromatic nitrogens is 1. The van der Waals surface area contributed by atoms with Crippen molar-refractivity contribution in [3.63, 3.8) is 0 Å². The van der Waals surface area contributed by atoms with Crippen molar-refractivity contribution in [1.29, 1.82) is 0 Å². The third kappa shape index (κ3) is 3.55. The predicted octanol–water partition coefficient (Wildman–Crippen LogP) is 2.72. The molecule has 4 rings (SSSR count). The molecule has 0 bridgehead atoms. The Kier molecular flexibility index (Phi) is 5.38. The summed E-state index contributed by atoms with van der Waals surface area (Å²) in [5, 5.41) is 6.24. The van der Waals surface area contributed by atoms with Crippen LogP contribution in [0.4, 0.5) is 11.5 Å². The molecule has 5 nitrogen and oxygen atoms in total. The number of nitrogens with one attached hydrogen (secondary N) is 2. The molecule has 0 saturated carbocycles. The van der Waals surface area contributed by atoms with Gasteiger partial charge in [0.15, 0.2) is 0 Å². The summed E-state index contributed by atoms with van der Waals surface area (Å²) in [5.41, 5.74) is 2.46. The predicted molar refractivity (Wildman–Crippen MR) is 101 cm³/mol. The van der Waals surface area contributed by atoms with E-state index in [1.165, 1.54) is 16.9 Å². The van der Waals surface area contributed by atoms with Crippen molar-refractivity contribution in [2.45, 2.75) is 19.3 Å². The highest BCUT2D eigenvalue weighted by molar-refractivity contribution is 7.14. The number of rotatable bonds is 3. The van der Waals surface area contributed by atoms with Crippen LogP contribution in [0.2, 0.25) is 0 Å². The first-order chi connectivity index (χ1) is 11.3. The highest BCUT2D eigenvalue weighted by Gasteiger charge is 2.19. The number of piperazine rings is 1. The molecule has 24 heavy (non-hydrogen) atoms. The third-order valence-electron chi connectivity index (χ3n) is 4.44. The van der Waals surface area contributed by atoms with Crippen LogP contribution in [-0.4, -0.2) is 37.1 Å². The zero-order valence-electron chi connectivity index (χ0n) is 13.4. The SMILES string of the molecule is Cl.O=C(Nc1ccc(N2CCNCC2)cn1)c1cc2c(s1)CCC2. The summed E-state index contributed by atoms with van der Waals surface area (Å²) >= 11 is 1.62. The Morgan fingerprint density at radius 2 is 2.08 bits per heavy atom. The van der Waals surface area contributed by atoms with Gasteiger partial charge in [0, 0.05) is 31.1 Å². The minimum absolute atomic E-state index is 0. The van der Waals surface area contributed by atoms with E-state index in [9.17, 15) is 4.79 Å². The van der Waals surface area contributed by atoms with Crippen LogP contribution in [0.15, 0.2) is 24.4 Å². The van der Waals surface area contributed by atoms with Gasteiger partial charge in [-0.15, -0.1) is 23.7 Å². The number of nitrogens with zero attached hydrogens (tertiary/aromatic N) is 2. The molecular weight excluding hydrogens is 344 g/mol. The molecule has 2 aromatic heterocycles. The normalized spacial score (nSPS) is 16.4. The van der Waals surface area contributed by atoms with Crippen LogP contribution in [-0.2, 0) is 12.8 Å². The van der Waals surface area contributed by atoms with Crippen LogP contribution >= 0.6 is 23.7 Å². The van der Waals surface area contributed by atoms with E-state index in [4.69, 9.17) is 0 Å². The molecule has 0 radical (unpaired) electrons. The van der Waals surface area contributed by atoms with Gasteiger partial charge in [-0.05, 0) is 43.0 Å². The Bertz CT molecular complexity index is 688. The summed E-state index contributed by atoms with van der Waals surface area (Å²) in [6.45, 7) is 3.99. The molecular formula is C17H21ClN4OS. The minimum Gasteiger partial charge on any atom is -0.368 e. The van der Waals surface area contributed by atoms with Gasteiger partial charge in [0.2, 0.25) is 0 Å². The Balaban J connectivity index is 0.00000169. The zero-order valence-corrected chi connectivity index (χ0v) is 15.0. The molecule has 1 saturated heterocycles. The van der Waals surface area contributed by atoms with E-state index in [1.807, 2.05) is 24.4 Å². The Morgan fingerprint density at radius 1 is 1.25 bits per heavy atom. The Labute approximate surface area is 151 Å². The topological polar surface area (TPSA) is 57.3 Å². The number of carbonyl (C=O) groups excluding carboxylic acids is 1. The van der Waals surface area contributed by atoms with E-state index < -0.39 is 0 Å². The number of carbonyl (C=O) groups is 1. The number of aryl methyl sites for hydroxylation is 2. The second kappa shape index (κ2) is 7.51. The van der Waals surface area contributed by atoms with Crippen molar-refractivity contribution in [3.05, 3.63) is 39.7 Å². The molecule has 128 valence electrons. The van der Waals surface area contributed by atoms with Gasteiger partial charge in [0.25, 0.3) is 5.91 Å². The number of fused-ring (bicyclic) bond motifs is 1. The van der Waals surface area contributed by atoms with Gasteiger partial charge in [-0.2, -0.15) is 0 Å². The van der Waals surface area contributed by atoms with E-state index in [-0.39, 0.29) is 18.3 Å². The number of thiophene rings is 1. The molecule has 3 heterocycles. The average molecular weight is 365 g/mol. The molecule has 2 aromatic rings. The van der Waals surface area contributed by atoms with Crippen molar-refractivity contribution >= 4 is 41.2 Å². The number of anilines is 2. The number of halogens is 1. The van der Waals surface area contributed by atoms with Crippen molar-refractivity contribution in [2.24, 2.45) is 0 Å². The summed E-state index contributed by atoms with van der Waals surface area (Å²) in [5.74, 6) is 0.564. The zero-order chi connectivity index (χ0) is 15.6. The summed E-state index contributed by atoms with van der Waals surface area (Å²) in [6, 6.07) is 5.95. The van der Waals surface area contributed by atoms with E-state index in [1.54, 1.807) is 11.3 Å². The van der Waals surface area contributed by atoms with Gasteiger partial charge in [-0.1, -0.05) is 0 Å². The molecule has 1 fully saturated rings. The van der Waals surface area contributed by atoms with E-state index in [2.05, 4.69) is 20.5 Å². The van der Waals surface area contributed by atoms with Crippen LogP contribution < -0.4 is 15.5 Å². The van der Waals surface area contributed by atoms with Gasteiger partial charge in [0.1, 0.15) is 5.82 Å². The van der Waals surface area contributed by atoms with Gasteiger partial charge in [-0.3, -0.25) is 4.79 Å². The van der Waals surface area contributed by atoms with Crippen LogP contribution in [0.25, 0.3) is 0 Å². The first kappa shape index (κ1) is 17.2. The fraction of sp³-hybridized carbons (Fsp3) is 0.412. The molecule has 1 amide bonds. The van der Waals surface area contributed by atoms with Crippen molar-refractivity contribution in [2.75, 3.05) is 36.4 Å². The highest BCUT2D eigenvalue weighted by Crippen LogP contribution is 2.31. The number of pyridine rings is 1. The second-order valence-electron chi connectivity index (χ2n) is 6.01. The van der Waals surface area contributed by atoms with Gasteiger partial charge < -0.3 is 15.5 Å². The fourth-order valence-corrected chi connectivity index (χ4v) is 4.34. The average Bonchev–Trinajstić information content (AvgIpc) is 3.18. The van der Waals surface area contributed by atoms with Gasteiger partial charge in [0.05, 0.1) is 16.8 Å². The molecule has 7 heteroatoms. The molecule has 0 atom stereocenters. The van der Waals surface area contributed by atoms with Crippen LogP contribution in [0.3, 0.4) is 0 Å². The molecule has 1 aliphatic heterocycles. The molecule has 0 spiro atoms. The number of hydrogen-bond donors (Lipinski definition) is 2. The first-order valence-corrected chi connectivity index (χ1v) is 8.96. The van der Waals surface area contributed by atoms with Crippen molar-refractivity contribution < 1.29 is 4.79 Å². The van der Waals surface area contributed by atoms with Crippen LogP contribution in [0, 0.1) is 0 Å². The highest BCUT2D eigenvalue weighted by atomic mass is 35.5. The lowest BCUT2D eigenvalue weighted by Gasteiger charge is -2.29. The Hall–Kier alpha value is -1.63. The molecule has 1 aliphatic carbocycles. The number of hydrogen-bond acceptors (Lipinski definition) is 5. The molecule has 2 N–H and O–H groups in total. The van der Waals surface area contributed by atoms with Crippen LogP contribution in [0.5, 0.6) is 0 Å². The lowest BCUT2D eigenvalue weighted by molar-refractivity contribution is 0.103. The minimum atomic E-state index is -0.0492. The van der Waals surface area contributed by atoms with E-state index in [0.29, 0.717) is 5.82 Å². The summed E-state index contributed by atoms with van der Waals surface area (Å²) in [7, 11) is 0. The maximum atomic E-state index is 12.3. The first-order valence-electron chi connectivity index (χ1n) is 8.14. The maximum Gasteiger partial charge on any atom is 0.266 e. The number of amides is 1. The largest absolute Gasteiger partial charge is 0.368 e. The molecule has 0 unspecified atom stereocenters. The summed E-state index contributed by atoms with van der Waals surface area (Å²) in [4.78, 5) is 21.2. The summed E-state index contributed by atoms with van der Waals surface area (Å²) < 4.78 is 0. The van der Waals surface area contributed by atoms with E-state index in [0.717, 1.165) is 49.6 Å². The Morgan fingerprint density at radius 3 is 2.79 bits per heavy atom. The van der Waals surface area contributed by atoms with Crippen molar-refractivity contribution in [3.8, 4) is 0 Å². The second-order valence-corrected chi connectivity index (χ2v) is 7.14. The maximum absolute atomic E-state index is 12.3. The van der Waals surface area contributed by atoms with E-state index >= 15 is 0 Å². The van der Waals surface area contributed by atoms with Crippen molar-refractivity contribution in [1.82, 2.24) is 10.3 Å². The molecule has 0 aromatic carbocycles. The lowest BCUT2D eigenvalue weighted by Crippen LogP contribution is -2.43. The standard InChI is InChI=1S/C17H20N4OS.ClH/c22-17(15-10-12-2-1-3-14(12)23-15)20-16-5-4-13(11-19-16)21-8-6-18-7-9-21;/h4-5,10-11,18H,1-3,6-9H2,(H,19,20,22);1H. The monoisotopic (exact) mass is 364 g/mol. The lowest BCUT2D eigenvalue weighted by atomic mass is 10.2. The van der Waals surface area contributed by atoms with Gasteiger partial charge >= 0.3 is 0 Å². The van der Waals surface area contributed by atoms with Crippen LogP contribution in [0.1, 0.15) is 26.5 Å². The third-order valence-corrected chi connectivity index (χ3v) is 5.68. The quantitative estimate of drug-likeness (QED) is 0.879. The summed E-state index contributed by atoms with van der Waals surface area (Å²) in [6.07, 6.45) is 5.29. The van der Waals surface area contributed by atoms with Gasteiger partial charge in [-0.25, -0.2) is 4.98 Å². The smallest absolute Gasteiger partial charge is 0.266 e.